The van der Waals surface area contributed by atoms with E-state index < -0.39 is 0 Å². The van der Waals surface area contributed by atoms with Crippen LogP contribution in [0.5, 0.6) is 0 Å². The minimum atomic E-state index is 0.555. The fraction of sp³-hybridized carbons (Fsp3) is 0.294. The summed E-state index contributed by atoms with van der Waals surface area (Å²) < 4.78 is 0. The third-order valence-corrected chi connectivity index (χ3v) is 4.59. The minimum Gasteiger partial charge on any atom is -0.291 e. The van der Waals surface area contributed by atoms with Crippen molar-refractivity contribution in [1.29, 1.82) is 0 Å². The summed E-state index contributed by atoms with van der Waals surface area (Å²) in [4.78, 5) is 2.61. The van der Waals surface area contributed by atoms with Crippen LogP contribution in [0.1, 0.15) is 35.1 Å². The van der Waals surface area contributed by atoms with Gasteiger partial charge in [-0.15, -0.1) is 0 Å². The van der Waals surface area contributed by atoms with E-state index in [2.05, 4.69) is 60.4 Å². The highest BCUT2D eigenvalue weighted by Gasteiger charge is 2.37. The van der Waals surface area contributed by atoms with E-state index in [4.69, 9.17) is 0 Å². The van der Waals surface area contributed by atoms with Gasteiger partial charge >= 0.3 is 0 Å². The molecule has 2 aliphatic rings. The summed E-state index contributed by atoms with van der Waals surface area (Å²) in [5.41, 5.74) is 6.09. The molecule has 1 heteroatoms. The van der Waals surface area contributed by atoms with Crippen molar-refractivity contribution in [1.82, 2.24) is 4.90 Å². The van der Waals surface area contributed by atoms with Crippen LogP contribution in [0.3, 0.4) is 0 Å². The molecule has 0 aliphatic carbocycles. The van der Waals surface area contributed by atoms with Gasteiger partial charge in [-0.2, -0.15) is 0 Å². The Morgan fingerprint density at radius 3 is 1.89 bits per heavy atom. The summed E-state index contributed by atoms with van der Waals surface area (Å²) in [5, 5.41) is 0. The Kier molecular flexibility index (Phi) is 2.12. The smallest absolute Gasteiger partial charge is 0.0249 e. The highest BCUT2D eigenvalue weighted by atomic mass is 15.2. The van der Waals surface area contributed by atoms with Crippen molar-refractivity contribution in [2.24, 2.45) is 0 Å². The van der Waals surface area contributed by atoms with E-state index in [1.165, 1.54) is 22.3 Å². The predicted octanol–water partition coefficient (Wildman–Crippen LogP) is 3.54. The van der Waals surface area contributed by atoms with Crippen molar-refractivity contribution in [3.8, 4) is 0 Å². The number of fused-ring (bicyclic) bond motifs is 6. The van der Waals surface area contributed by atoms with Crippen LogP contribution in [0.15, 0.2) is 48.5 Å². The number of hydrogen-bond donors (Lipinski definition) is 0. The van der Waals surface area contributed by atoms with Crippen molar-refractivity contribution in [2.75, 3.05) is 0 Å². The summed E-state index contributed by atoms with van der Waals surface area (Å²) >= 11 is 0. The van der Waals surface area contributed by atoms with Gasteiger partial charge in [0.05, 0.1) is 0 Å². The molecule has 0 spiro atoms. The lowest BCUT2D eigenvalue weighted by atomic mass is 9.75. The third kappa shape index (κ3) is 1.31. The number of hydrogen-bond acceptors (Lipinski definition) is 1. The molecule has 0 saturated heterocycles. The molecular formula is C17H17N. The van der Waals surface area contributed by atoms with Gasteiger partial charge in [-0.05, 0) is 29.2 Å². The van der Waals surface area contributed by atoms with Gasteiger partial charge in [0.25, 0.3) is 0 Å². The van der Waals surface area contributed by atoms with Gasteiger partial charge in [0.1, 0.15) is 0 Å². The molecule has 0 fully saturated rings. The molecule has 2 aliphatic heterocycles. The van der Waals surface area contributed by atoms with E-state index >= 15 is 0 Å². The van der Waals surface area contributed by atoms with Crippen molar-refractivity contribution in [3.63, 3.8) is 0 Å². The molecule has 0 unspecified atom stereocenters. The van der Waals surface area contributed by atoms with E-state index in [-0.39, 0.29) is 0 Å². The van der Waals surface area contributed by atoms with Crippen molar-refractivity contribution >= 4 is 0 Å². The maximum Gasteiger partial charge on any atom is 0.0249 e. The maximum absolute atomic E-state index is 2.61. The Morgan fingerprint density at radius 1 is 0.833 bits per heavy atom. The van der Waals surface area contributed by atoms with Crippen LogP contribution >= 0.6 is 0 Å². The van der Waals surface area contributed by atoms with E-state index in [0.717, 1.165) is 13.1 Å². The lowest BCUT2D eigenvalue weighted by Crippen LogP contribution is -2.45. The zero-order chi connectivity index (χ0) is 12.1. The lowest BCUT2D eigenvalue weighted by Gasteiger charge is -2.45. The third-order valence-electron chi connectivity index (χ3n) is 4.59. The standard InChI is InChI=1S/C17H17N/c1-12-17-15-8-4-2-6-13(15)10-18(12)11-14-7-3-5-9-16(14)17/h2-9,12,17H,10-11H2,1H3/t12-/m1/s1. The first-order valence-corrected chi connectivity index (χ1v) is 6.74. The molecule has 0 aromatic heterocycles. The topological polar surface area (TPSA) is 3.24 Å². The Morgan fingerprint density at radius 2 is 1.33 bits per heavy atom. The van der Waals surface area contributed by atoms with Crippen LogP contribution in [0.4, 0.5) is 0 Å². The summed E-state index contributed by atoms with van der Waals surface area (Å²) in [6, 6.07) is 18.5. The molecule has 2 aromatic carbocycles. The van der Waals surface area contributed by atoms with Crippen LogP contribution in [0, 0.1) is 0 Å². The Balaban J connectivity index is 1.97. The van der Waals surface area contributed by atoms with E-state index in [0.29, 0.717) is 12.0 Å². The second-order valence-corrected chi connectivity index (χ2v) is 5.52. The summed E-state index contributed by atoms with van der Waals surface area (Å²) in [7, 11) is 0. The second-order valence-electron chi connectivity index (χ2n) is 5.52. The first-order chi connectivity index (χ1) is 8.84. The molecule has 18 heavy (non-hydrogen) atoms. The summed E-state index contributed by atoms with van der Waals surface area (Å²) in [5.74, 6) is 0.555. The van der Waals surface area contributed by atoms with Gasteiger partial charge in [0, 0.05) is 25.0 Å². The minimum absolute atomic E-state index is 0.555. The molecule has 4 rings (SSSR count). The number of nitrogens with zero attached hydrogens (tertiary/aromatic N) is 1. The van der Waals surface area contributed by atoms with Gasteiger partial charge in [-0.3, -0.25) is 4.90 Å². The molecule has 1 atom stereocenters. The fourth-order valence-corrected chi connectivity index (χ4v) is 3.64. The summed E-state index contributed by atoms with van der Waals surface area (Å²) in [6.45, 7) is 4.57. The number of rotatable bonds is 0. The molecule has 0 N–H and O–H groups in total. The molecule has 0 amide bonds. The normalized spacial score (nSPS) is 28.4. The molecule has 2 bridgehead atoms. The molecular weight excluding hydrogens is 218 g/mol. The first kappa shape index (κ1) is 10.3. The zero-order valence-corrected chi connectivity index (χ0v) is 10.6. The molecule has 2 heterocycles. The average molecular weight is 235 g/mol. The Hall–Kier alpha value is -1.60. The van der Waals surface area contributed by atoms with Crippen molar-refractivity contribution in [2.45, 2.75) is 32.0 Å². The lowest BCUT2D eigenvalue weighted by molar-refractivity contribution is 0.144. The van der Waals surface area contributed by atoms with Gasteiger partial charge < -0.3 is 0 Å². The Labute approximate surface area is 108 Å². The highest BCUT2D eigenvalue weighted by Crippen LogP contribution is 2.43. The van der Waals surface area contributed by atoms with Crippen LogP contribution in [0.25, 0.3) is 0 Å². The molecule has 90 valence electrons. The molecule has 0 radical (unpaired) electrons. The largest absolute Gasteiger partial charge is 0.291 e. The molecule has 0 saturated carbocycles. The highest BCUT2D eigenvalue weighted by molar-refractivity contribution is 5.46. The van der Waals surface area contributed by atoms with Gasteiger partial charge in [-0.1, -0.05) is 48.5 Å². The SMILES string of the molecule is C[C@@H]1C2c3ccccc3CN1Cc1ccccc12. The van der Waals surface area contributed by atoms with E-state index in [1.807, 2.05) is 0 Å². The Bertz CT molecular complexity index is 553. The second kappa shape index (κ2) is 3.69. The van der Waals surface area contributed by atoms with Gasteiger partial charge in [0.2, 0.25) is 0 Å². The van der Waals surface area contributed by atoms with Crippen molar-refractivity contribution < 1.29 is 0 Å². The van der Waals surface area contributed by atoms with Crippen LogP contribution in [-0.4, -0.2) is 10.9 Å². The van der Waals surface area contributed by atoms with E-state index in [1.54, 1.807) is 0 Å². The van der Waals surface area contributed by atoms with Crippen LogP contribution in [-0.2, 0) is 13.1 Å². The quantitative estimate of drug-likeness (QED) is 0.675. The first-order valence-electron chi connectivity index (χ1n) is 6.74. The summed E-state index contributed by atoms with van der Waals surface area (Å²) in [6.07, 6.45) is 0. The van der Waals surface area contributed by atoms with Crippen LogP contribution in [0.2, 0.25) is 0 Å². The van der Waals surface area contributed by atoms with Crippen molar-refractivity contribution in [3.05, 3.63) is 70.8 Å². The van der Waals surface area contributed by atoms with E-state index in [9.17, 15) is 0 Å². The monoisotopic (exact) mass is 235 g/mol. The van der Waals surface area contributed by atoms with Gasteiger partial charge in [-0.25, -0.2) is 0 Å². The average Bonchev–Trinajstić information content (AvgIpc) is 2.39. The fourth-order valence-electron chi connectivity index (χ4n) is 3.64. The zero-order valence-electron chi connectivity index (χ0n) is 10.6. The molecule has 2 aromatic rings. The predicted molar refractivity (Wildman–Crippen MR) is 73.4 cm³/mol. The number of benzene rings is 2. The van der Waals surface area contributed by atoms with Crippen LogP contribution < -0.4 is 0 Å². The maximum atomic E-state index is 2.61. The molecule has 1 nitrogen and oxygen atoms in total. The van der Waals surface area contributed by atoms with Gasteiger partial charge in [0.15, 0.2) is 0 Å².